The monoisotopic (exact) mass is 1340 g/mol. The Morgan fingerprint density at radius 1 is 0.380 bits per heavy atom. The normalized spacial score (nSPS) is 27.0. The Labute approximate surface area is 552 Å². The van der Waals surface area contributed by atoms with Crippen LogP contribution in [-0.4, -0.2) is 111 Å². The summed E-state index contributed by atoms with van der Waals surface area (Å²) in [4.78, 5) is 51.7. The molecule has 0 unspecified atom stereocenters. The minimum absolute atomic E-state index is 0.0199. The Bertz CT molecular complexity index is 2760. The maximum atomic E-state index is 12.9. The molecule has 4 N–H and O–H groups in total. The lowest BCUT2D eigenvalue weighted by molar-refractivity contribution is -0.139. The Kier molecular flexibility index (Phi) is 27.5. The lowest BCUT2D eigenvalue weighted by atomic mass is 9.76. The van der Waals surface area contributed by atoms with Crippen LogP contribution < -0.4 is 21.3 Å². The molecule has 1 aliphatic heterocycles. The fraction of sp³-hybridized carbons (Fsp3) is 0.647. The van der Waals surface area contributed by atoms with Gasteiger partial charge in [-0.05, 0) is 223 Å². The summed E-state index contributed by atoms with van der Waals surface area (Å²) < 4.78 is 51.9. The number of allylic oxidation sites excluding steroid dienone is 12. The van der Waals surface area contributed by atoms with Crippen LogP contribution in [0, 0.1) is 67.0 Å². The maximum absolute atomic E-state index is 12.9. The van der Waals surface area contributed by atoms with Crippen molar-refractivity contribution in [3.05, 3.63) is 91.7 Å². The van der Waals surface area contributed by atoms with Crippen LogP contribution in [0.1, 0.15) is 160 Å². The first-order valence-corrected chi connectivity index (χ1v) is 43.0. The molecule has 5 aliphatic rings. The average Bonchev–Trinajstić information content (AvgIpc) is 0.999. The molecule has 0 aromatic rings. The summed E-state index contributed by atoms with van der Waals surface area (Å²) in [5.74, 6) is -2.49. The van der Waals surface area contributed by atoms with Gasteiger partial charge in [0.1, 0.15) is 46.6 Å². The molecular weight excluding hydrogens is 1230 g/mol. The number of nitriles is 4. The Hall–Kier alpha value is -6.33. The van der Waals surface area contributed by atoms with E-state index in [0.717, 1.165) is 48.5 Å². The molecule has 4 aliphatic carbocycles. The van der Waals surface area contributed by atoms with E-state index in [9.17, 15) is 40.2 Å². The summed E-state index contributed by atoms with van der Waals surface area (Å²) >= 11 is 0. The molecule has 0 spiro atoms. The van der Waals surface area contributed by atoms with Gasteiger partial charge < -0.3 is 56.7 Å². The van der Waals surface area contributed by atoms with Crippen molar-refractivity contribution < 1.29 is 54.6 Å². The minimum atomic E-state index is -3.23. The lowest BCUT2D eigenvalue weighted by Gasteiger charge is -2.50. The second kappa shape index (κ2) is 33.2. The first-order valence-electron chi connectivity index (χ1n) is 32.9. The quantitative estimate of drug-likeness (QED) is 0.0141. The zero-order chi connectivity index (χ0) is 68.4. The highest BCUT2D eigenvalue weighted by Gasteiger charge is 2.56. The molecule has 0 saturated carbocycles. The van der Waals surface area contributed by atoms with Crippen LogP contribution in [0.4, 0.5) is 0 Å². The number of carbonyl (C=O) groups is 4. The van der Waals surface area contributed by atoms with Crippen molar-refractivity contribution in [2.75, 3.05) is 52.6 Å². The molecule has 0 atom stereocenters. The van der Waals surface area contributed by atoms with Crippen molar-refractivity contribution in [2.24, 2.45) is 21.7 Å². The van der Waals surface area contributed by atoms with E-state index in [0.29, 0.717) is 124 Å². The molecule has 20 nitrogen and oxygen atoms in total. The van der Waals surface area contributed by atoms with Gasteiger partial charge in [0.15, 0.2) is 0 Å². The van der Waals surface area contributed by atoms with Gasteiger partial charge in [0.25, 0.3) is 0 Å². The molecule has 24 heteroatoms. The van der Waals surface area contributed by atoms with Gasteiger partial charge in [-0.3, -0.25) is 0 Å². The number of nitrogens with zero attached hydrogens (tertiary/aromatic N) is 4. The van der Waals surface area contributed by atoms with Crippen molar-refractivity contribution in [1.29, 1.82) is 21.0 Å². The van der Waals surface area contributed by atoms with Crippen molar-refractivity contribution in [3.63, 3.8) is 0 Å². The standard InChI is InChI=1S/C68H104N8O12Si4/c1-17-81-61(77)57(45-69)49-33-53(41-65(5,6)37-49)73-25-21-29-89(13)85-90(14,30-22-26-74-54-34-50(38-66(7,8)42-54)58(46-70)62(78)82-18-2)87-92(16,32-24-28-76-56-36-52(40-68(11,12)44-56)60(48-72)64(80)84-20-4)88-91(15,86-89)31-23-27-75-55-35-51(39-67(9,10)43-55)59(47-71)63(79)83-19-3/h33-36,73-76H,17-32,37-44H2,1-16H3/b57-49-,58-50-,59-51-,60-52-. The van der Waals surface area contributed by atoms with Gasteiger partial charge in [0.05, 0.1) is 26.4 Å². The van der Waals surface area contributed by atoms with Crippen LogP contribution in [-0.2, 0) is 54.6 Å². The molecule has 0 radical (unpaired) electrons. The van der Waals surface area contributed by atoms with E-state index >= 15 is 0 Å². The summed E-state index contributed by atoms with van der Waals surface area (Å²) in [6, 6.07) is 10.8. The van der Waals surface area contributed by atoms with Crippen molar-refractivity contribution >= 4 is 58.1 Å². The Morgan fingerprint density at radius 2 is 0.565 bits per heavy atom. The lowest BCUT2D eigenvalue weighted by Crippen LogP contribution is -2.67. The Balaban J connectivity index is 1.51. The van der Waals surface area contributed by atoms with Crippen molar-refractivity contribution in [1.82, 2.24) is 21.3 Å². The van der Waals surface area contributed by atoms with E-state index in [-0.39, 0.29) is 70.4 Å². The topological polar surface area (TPSA) is 285 Å². The second-order valence-corrected chi connectivity index (χ2v) is 43.1. The van der Waals surface area contributed by atoms with Crippen LogP contribution in [0.5, 0.6) is 0 Å². The Morgan fingerprint density at radius 3 is 0.728 bits per heavy atom. The van der Waals surface area contributed by atoms with Gasteiger partial charge in [0, 0.05) is 49.0 Å². The third-order valence-electron chi connectivity index (χ3n) is 16.8. The number of hydrogen-bond acceptors (Lipinski definition) is 20. The van der Waals surface area contributed by atoms with E-state index in [4.69, 9.17) is 35.4 Å². The number of rotatable bonds is 28. The molecule has 0 aromatic carbocycles. The van der Waals surface area contributed by atoms with Gasteiger partial charge in [-0.25, -0.2) is 19.2 Å². The molecule has 0 amide bonds. The fourth-order valence-corrected chi connectivity index (χ4v) is 36.8. The van der Waals surface area contributed by atoms with Crippen LogP contribution in [0.2, 0.25) is 50.4 Å². The van der Waals surface area contributed by atoms with E-state index in [2.05, 4.69) is 127 Å². The highest BCUT2D eigenvalue weighted by atomic mass is 28.5. The van der Waals surface area contributed by atoms with Crippen LogP contribution >= 0.6 is 0 Å². The molecule has 1 saturated heterocycles. The second-order valence-electron chi connectivity index (χ2n) is 28.7. The zero-order valence-electron chi connectivity index (χ0n) is 58.0. The van der Waals surface area contributed by atoms with Crippen LogP contribution in [0.25, 0.3) is 0 Å². The molecule has 0 bridgehead atoms. The molecular formula is C68H104N8O12Si4. The van der Waals surface area contributed by atoms with Crippen LogP contribution in [0.3, 0.4) is 0 Å². The first kappa shape index (κ1) is 76.4. The summed E-state index contributed by atoms with van der Waals surface area (Å²) in [5, 5.41) is 55.0. The zero-order valence-corrected chi connectivity index (χ0v) is 62.0. The third kappa shape index (κ3) is 23.0. The van der Waals surface area contributed by atoms with Gasteiger partial charge in [-0.1, -0.05) is 55.4 Å². The largest absolute Gasteiger partial charge is 0.462 e. The number of ether oxygens (including phenoxy) is 4. The van der Waals surface area contributed by atoms with E-state index in [1.807, 2.05) is 24.3 Å². The maximum Gasteiger partial charge on any atom is 0.349 e. The van der Waals surface area contributed by atoms with Crippen molar-refractivity contribution in [2.45, 2.75) is 210 Å². The fourth-order valence-electron chi connectivity index (χ4n) is 13.5. The summed E-state index contributed by atoms with van der Waals surface area (Å²) in [7, 11) is -12.9. The molecule has 1 heterocycles. The SMILES string of the molecule is CCOC(=O)/C(C#N)=C1/C=C(NCCC[Si]2(C)O[Si](C)(CCCNC3=C/C(=C(\C#N)C(=O)OCC)CC(C)(C)C3)O[Si](C)(CCCNC3=C/C(=C(\C#N)C(=O)OCC)CC(C)(C)C3)O[Si](C)(CCCNC3=C/C(=C(\C#N)C(=O)OCC)CC(C)(C)C3)O2)CC(C)(C)C1. The number of nitrogens with one attached hydrogen (secondary N) is 4. The third-order valence-corrected chi connectivity index (χ3v) is 35.6. The van der Waals surface area contributed by atoms with E-state index in [1.165, 1.54) is 0 Å². The van der Waals surface area contributed by atoms with Crippen molar-refractivity contribution in [3.8, 4) is 24.3 Å². The summed E-state index contributed by atoms with van der Waals surface area (Å²) in [6.07, 6.45) is 15.5. The smallest absolute Gasteiger partial charge is 0.349 e. The van der Waals surface area contributed by atoms with Gasteiger partial charge >= 0.3 is 58.1 Å². The predicted octanol–water partition coefficient (Wildman–Crippen LogP) is 12.6. The van der Waals surface area contributed by atoms with E-state index < -0.39 is 58.1 Å². The molecule has 504 valence electrons. The highest BCUT2D eigenvalue weighted by Crippen LogP contribution is 2.44. The molecule has 0 aromatic heterocycles. The van der Waals surface area contributed by atoms with E-state index in [1.54, 1.807) is 27.7 Å². The minimum Gasteiger partial charge on any atom is -0.462 e. The predicted molar refractivity (Wildman–Crippen MR) is 362 cm³/mol. The summed E-state index contributed by atoms with van der Waals surface area (Å²) in [5.41, 5.74) is 5.48. The van der Waals surface area contributed by atoms with Crippen LogP contribution in [0.15, 0.2) is 91.7 Å². The molecule has 1 fully saturated rings. The summed E-state index contributed by atoms with van der Waals surface area (Å²) in [6.45, 7) is 35.4. The van der Waals surface area contributed by atoms with Gasteiger partial charge in [-0.15, -0.1) is 0 Å². The molecule has 92 heavy (non-hydrogen) atoms. The van der Waals surface area contributed by atoms with Gasteiger partial charge in [0.2, 0.25) is 0 Å². The highest BCUT2D eigenvalue weighted by molar-refractivity contribution is 6.93. The molecule has 5 rings (SSSR count). The number of esters is 4. The average molecular weight is 1340 g/mol. The first-order chi connectivity index (χ1) is 43.1. The van der Waals surface area contributed by atoms with Gasteiger partial charge in [-0.2, -0.15) is 21.0 Å². The number of carbonyl (C=O) groups excluding carboxylic acids is 4. The number of hydrogen-bond donors (Lipinski definition) is 4.